The minimum atomic E-state index is -0.0244. The summed E-state index contributed by atoms with van der Waals surface area (Å²) in [6, 6.07) is 9.03. The van der Waals surface area contributed by atoms with Gasteiger partial charge in [-0.2, -0.15) is 0 Å². The molecule has 3 heteroatoms. The molecule has 0 saturated carbocycles. The first-order valence-corrected chi connectivity index (χ1v) is 10.0. The van der Waals surface area contributed by atoms with Crippen molar-refractivity contribution >= 4 is 0 Å². The normalized spacial score (nSPS) is 26.7. The van der Waals surface area contributed by atoms with Gasteiger partial charge in [0.15, 0.2) is 6.29 Å². The van der Waals surface area contributed by atoms with Gasteiger partial charge in [-0.1, -0.05) is 45.0 Å². The topological polar surface area (TPSA) is 18.5 Å². The maximum absolute atomic E-state index is 6.19. The van der Waals surface area contributed by atoms with Crippen molar-refractivity contribution in [1.82, 2.24) is 0 Å². The van der Waals surface area contributed by atoms with Gasteiger partial charge in [0.2, 0.25) is 0 Å². The van der Waals surface area contributed by atoms with Gasteiger partial charge in [0.05, 0.1) is 26.7 Å². The van der Waals surface area contributed by atoms with Gasteiger partial charge in [0.1, 0.15) is 12.6 Å². The first-order chi connectivity index (χ1) is 11.8. The Labute approximate surface area is 153 Å². The molecule has 25 heavy (non-hydrogen) atoms. The van der Waals surface area contributed by atoms with Gasteiger partial charge >= 0.3 is 0 Å². The largest absolute Gasteiger partial charge is 0.350 e. The molecule has 0 spiro atoms. The highest BCUT2D eigenvalue weighted by atomic mass is 16.7. The number of likely N-dealkylation sites (N-methyl/N-ethyl adjacent to an activating group) is 1. The highest BCUT2D eigenvalue weighted by molar-refractivity contribution is 5.27. The number of likely N-dealkylation sites (tertiary alicyclic amines) is 1. The Hall–Kier alpha value is -0.900. The number of hydrogen-bond donors (Lipinski definition) is 0. The second-order valence-corrected chi connectivity index (χ2v) is 9.32. The maximum Gasteiger partial charge on any atom is 0.158 e. The Kier molecular flexibility index (Phi) is 5.87. The van der Waals surface area contributed by atoms with Crippen LogP contribution in [0, 0.1) is 0 Å². The molecule has 2 saturated heterocycles. The van der Waals surface area contributed by atoms with Crippen molar-refractivity contribution in [1.29, 1.82) is 0 Å². The Morgan fingerprint density at radius 3 is 2.36 bits per heavy atom. The van der Waals surface area contributed by atoms with Crippen molar-refractivity contribution < 1.29 is 14.0 Å². The molecule has 2 aliphatic rings. The van der Waals surface area contributed by atoms with Crippen molar-refractivity contribution in [3.63, 3.8) is 0 Å². The van der Waals surface area contributed by atoms with E-state index in [0.717, 1.165) is 30.5 Å². The lowest BCUT2D eigenvalue weighted by Crippen LogP contribution is -2.52. The fourth-order valence-corrected chi connectivity index (χ4v) is 4.16. The summed E-state index contributed by atoms with van der Waals surface area (Å²) in [5.74, 6) is 0. The summed E-state index contributed by atoms with van der Waals surface area (Å²) < 4.78 is 13.3. The van der Waals surface area contributed by atoms with E-state index in [4.69, 9.17) is 9.47 Å². The average molecular weight is 347 g/mol. The second kappa shape index (κ2) is 7.77. The molecule has 2 atom stereocenters. The van der Waals surface area contributed by atoms with Crippen LogP contribution in [0.2, 0.25) is 0 Å². The molecule has 140 valence electrons. The number of ether oxygens (including phenoxy) is 2. The summed E-state index contributed by atoms with van der Waals surface area (Å²) in [6.07, 6.45) is 6.34. The van der Waals surface area contributed by atoms with Gasteiger partial charge in [-0.05, 0) is 42.2 Å². The number of hydrogen-bond acceptors (Lipinski definition) is 2. The molecule has 3 nitrogen and oxygen atoms in total. The Morgan fingerprint density at radius 2 is 1.72 bits per heavy atom. The van der Waals surface area contributed by atoms with Gasteiger partial charge in [-0.3, -0.25) is 0 Å². The molecule has 0 N–H and O–H groups in total. The maximum atomic E-state index is 6.19. The SMILES string of the molecule is CC(C)(C)c1ccc(CC[C@H]2OC[C@H](C[N+]3(C)CCCCC3)O2)cc1. The molecular weight excluding hydrogens is 310 g/mol. The zero-order valence-corrected chi connectivity index (χ0v) is 16.6. The summed E-state index contributed by atoms with van der Waals surface area (Å²) in [5.41, 5.74) is 2.98. The molecule has 0 amide bonds. The summed E-state index contributed by atoms with van der Waals surface area (Å²) >= 11 is 0. The summed E-state index contributed by atoms with van der Waals surface area (Å²) in [6.45, 7) is 11.2. The van der Waals surface area contributed by atoms with E-state index < -0.39 is 0 Å². The zero-order valence-electron chi connectivity index (χ0n) is 16.6. The van der Waals surface area contributed by atoms with Crippen LogP contribution in [0.15, 0.2) is 24.3 Å². The molecule has 1 aromatic carbocycles. The summed E-state index contributed by atoms with van der Waals surface area (Å²) in [5, 5.41) is 0. The van der Waals surface area contributed by atoms with Crippen LogP contribution in [0.25, 0.3) is 0 Å². The number of quaternary nitrogens is 1. The molecular formula is C22H36NO2+. The Balaban J connectivity index is 1.44. The van der Waals surface area contributed by atoms with Crippen LogP contribution in [0.4, 0.5) is 0 Å². The minimum absolute atomic E-state index is 0.0244. The lowest BCUT2D eigenvalue weighted by molar-refractivity contribution is -0.916. The molecule has 0 radical (unpaired) electrons. The Bertz CT molecular complexity index is 540. The molecule has 2 fully saturated rings. The number of benzene rings is 1. The molecule has 2 heterocycles. The average Bonchev–Trinajstić information content (AvgIpc) is 3.00. The minimum Gasteiger partial charge on any atom is -0.350 e. The predicted octanol–water partition coefficient (Wildman–Crippen LogP) is 4.29. The predicted molar refractivity (Wildman–Crippen MR) is 103 cm³/mol. The molecule has 1 aromatic rings. The third kappa shape index (κ3) is 5.29. The fraction of sp³-hybridized carbons (Fsp3) is 0.727. The Morgan fingerprint density at radius 1 is 1.04 bits per heavy atom. The highest BCUT2D eigenvalue weighted by Gasteiger charge is 2.34. The third-order valence-corrected chi connectivity index (χ3v) is 5.84. The van der Waals surface area contributed by atoms with E-state index >= 15 is 0 Å². The van der Waals surface area contributed by atoms with Crippen LogP contribution in [0.3, 0.4) is 0 Å². The van der Waals surface area contributed by atoms with E-state index in [1.807, 2.05) is 0 Å². The fourth-order valence-electron chi connectivity index (χ4n) is 4.16. The number of rotatable bonds is 5. The number of piperidine rings is 1. The van der Waals surface area contributed by atoms with E-state index in [-0.39, 0.29) is 17.8 Å². The van der Waals surface area contributed by atoms with Crippen LogP contribution in [0.1, 0.15) is 57.6 Å². The van der Waals surface area contributed by atoms with Crippen LogP contribution in [-0.2, 0) is 21.3 Å². The van der Waals surface area contributed by atoms with Gasteiger partial charge in [0, 0.05) is 6.42 Å². The van der Waals surface area contributed by atoms with E-state index in [0.29, 0.717) is 0 Å². The molecule has 2 aliphatic heterocycles. The monoisotopic (exact) mass is 346 g/mol. The number of aryl methyl sites for hydroxylation is 1. The highest BCUT2D eigenvalue weighted by Crippen LogP contribution is 2.25. The molecule has 0 aromatic heterocycles. The van der Waals surface area contributed by atoms with Gasteiger partial charge < -0.3 is 14.0 Å². The lowest BCUT2D eigenvalue weighted by Gasteiger charge is -2.39. The van der Waals surface area contributed by atoms with E-state index in [9.17, 15) is 0 Å². The lowest BCUT2D eigenvalue weighted by atomic mass is 9.86. The van der Waals surface area contributed by atoms with Gasteiger partial charge in [-0.25, -0.2) is 0 Å². The zero-order chi connectivity index (χ0) is 17.9. The molecule has 0 bridgehead atoms. The van der Waals surface area contributed by atoms with Crippen LogP contribution in [0.5, 0.6) is 0 Å². The first-order valence-electron chi connectivity index (χ1n) is 10.0. The molecule has 0 aliphatic carbocycles. The van der Waals surface area contributed by atoms with Gasteiger partial charge in [-0.15, -0.1) is 0 Å². The molecule has 3 rings (SSSR count). The second-order valence-electron chi connectivity index (χ2n) is 9.32. The van der Waals surface area contributed by atoms with Crippen molar-refractivity contribution in [2.24, 2.45) is 0 Å². The van der Waals surface area contributed by atoms with Crippen molar-refractivity contribution in [3.8, 4) is 0 Å². The smallest absolute Gasteiger partial charge is 0.158 e. The van der Waals surface area contributed by atoms with Crippen molar-refractivity contribution in [2.45, 2.75) is 70.7 Å². The number of nitrogens with zero attached hydrogens (tertiary/aromatic N) is 1. The van der Waals surface area contributed by atoms with Crippen LogP contribution >= 0.6 is 0 Å². The quantitative estimate of drug-likeness (QED) is 0.741. The summed E-state index contributed by atoms with van der Waals surface area (Å²) in [4.78, 5) is 0. The van der Waals surface area contributed by atoms with Crippen molar-refractivity contribution in [2.75, 3.05) is 33.3 Å². The van der Waals surface area contributed by atoms with E-state index in [1.54, 1.807) is 0 Å². The van der Waals surface area contributed by atoms with E-state index in [1.165, 1.54) is 43.5 Å². The summed E-state index contributed by atoms with van der Waals surface area (Å²) in [7, 11) is 2.38. The third-order valence-electron chi connectivity index (χ3n) is 5.84. The van der Waals surface area contributed by atoms with Gasteiger partial charge in [0.25, 0.3) is 0 Å². The van der Waals surface area contributed by atoms with Crippen LogP contribution < -0.4 is 0 Å². The van der Waals surface area contributed by atoms with Crippen LogP contribution in [-0.4, -0.2) is 50.2 Å². The first kappa shape index (κ1) is 18.9. The van der Waals surface area contributed by atoms with Crippen molar-refractivity contribution in [3.05, 3.63) is 35.4 Å². The standard InChI is InChI=1S/C22H36NO2/c1-22(2,3)19-11-8-18(9-12-19)10-13-21-24-17-20(25-21)16-23(4)14-6-5-7-15-23/h8-9,11-12,20-21H,5-7,10,13-17H2,1-4H3/q+1/t20-,21-/m0/s1. The van der Waals surface area contributed by atoms with E-state index in [2.05, 4.69) is 52.1 Å². The molecule has 0 unspecified atom stereocenters.